The van der Waals surface area contributed by atoms with E-state index in [0.717, 1.165) is 0 Å². The van der Waals surface area contributed by atoms with E-state index in [1.165, 1.54) is 0 Å². The van der Waals surface area contributed by atoms with Crippen LogP contribution in [0.15, 0.2) is 0 Å². The van der Waals surface area contributed by atoms with E-state index in [-0.39, 0.29) is 58.2 Å². The predicted octanol–water partition coefficient (Wildman–Crippen LogP) is -1.04. The van der Waals surface area contributed by atoms with Crippen LogP contribution < -0.4 is 58.2 Å². The van der Waals surface area contributed by atoms with Crippen molar-refractivity contribution in [1.29, 1.82) is 0 Å². The molecule has 0 spiro atoms. The first-order valence-corrected chi connectivity index (χ1v) is 4.56. The Hall–Kier alpha value is 1.09. The molecule has 0 aromatic carbocycles. The Morgan fingerprint density at radius 1 is 0.722 bits per heavy atom. The van der Waals surface area contributed by atoms with Gasteiger partial charge in [0, 0.05) is 0 Å². The van der Waals surface area contributed by atoms with Crippen molar-refractivity contribution in [3.8, 4) is 0 Å². The van der Waals surface area contributed by atoms with Gasteiger partial charge >= 0.3 is 81.5 Å². The summed E-state index contributed by atoms with van der Waals surface area (Å²) in [4.78, 5) is 0. The molecule has 0 aliphatic rings. The third-order valence-corrected chi connectivity index (χ3v) is 2.31. The zero-order valence-electron chi connectivity index (χ0n) is 8.03. The Bertz CT molecular complexity index is 399. The molecule has 14 heteroatoms. The standard InChI is InChI=1S/C4HF9O3S.Rb/c5-1(6,3(9,10)11)2(7,8)4(12,13)17(14,15)16;/h(H,14,15,16);/q;+1/p-1. The average molecular weight is 385 g/mol. The van der Waals surface area contributed by atoms with Crippen molar-refractivity contribution >= 4 is 10.1 Å². The Kier molecular flexibility index (Phi) is 6.49. The molecule has 0 amide bonds. The molecule has 0 aromatic heterocycles. The zero-order valence-corrected chi connectivity index (χ0v) is 13.8. The molecule has 0 radical (unpaired) electrons. The summed E-state index contributed by atoms with van der Waals surface area (Å²) in [5.74, 6) is -14.8. The van der Waals surface area contributed by atoms with Crippen LogP contribution in [0.2, 0.25) is 0 Å². The Morgan fingerprint density at radius 2 is 1.00 bits per heavy atom. The van der Waals surface area contributed by atoms with Gasteiger partial charge in [-0.05, 0) is 0 Å². The molecule has 0 saturated carbocycles. The second-order valence-corrected chi connectivity index (χ2v) is 4.04. The normalized spacial score (nSPS) is 15.2. The number of rotatable bonds is 3. The van der Waals surface area contributed by atoms with Crippen molar-refractivity contribution in [3.63, 3.8) is 0 Å². The molecule has 0 atom stereocenters. The first-order valence-electron chi connectivity index (χ1n) is 3.15. The van der Waals surface area contributed by atoms with E-state index in [1.807, 2.05) is 0 Å². The van der Waals surface area contributed by atoms with Gasteiger partial charge in [-0.3, -0.25) is 0 Å². The summed E-state index contributed by atoms with van der Waals surface area (Å²) >= 11 is 0. The van der Waals surface area contributed by atoms with Crippen molar-refractivity contribution in [1.82, 2.24) is 0 Å². The maximum atomic E-state index is 12.2. The van der Waals surface area contributed by atoms with Gasteiger partial charge in [0.1, 0.15) is 0 Å². The fourth-order valence-electron chi connectivity index (χ4n) is 0.518. The molecule has 0 unspecified atom stereocenters. The van der Waals surface area contributed by atoms with E-state index < -0.39 is 33.4 Å². The van der Waals surface area contributed by atoms with Crippen LogP contribution in [0.3, 0.4) is 0 Å². The van der Waals surface area contributed by atoms with Crippen LogP contribution in [0.5, 0.6) is 0 Å². The van der Waals surface area contributed by atoms with Crippen molar-refractivity contribution < 1.29 is 111 Å². The predicted molar refractivity (Wildman–Crippen MR) is 30.6 cm³/mol. The number of halogens is 9. The molecule has 0 bridgehead atoms. The summed E-state index contributed by atoms with van der Waals surface area (Å²) in [7, 11) is -7.42. The van der Waals surface area contributed by atoms with Gasteiger partial charge in [-0.25, -0.2) is 8.42 Å². The summed E-state index contributed by atoms with van der Waals surface area (Å²) in [6, 6.07) is 0. The summed E-state index contributed by atoms with van der Waals surface area (Å²) in [6.07, 6.45) is -7.16. The average Bonchev–Trinajstić information content (AvgIpc) is 1.98. The SMILES string of the molecule is O=S(=O)([O-])C(F)(F)C(F)(F)C(F)(F)C(F)(F)F.[Rb+]. The van der Waals surface area contributed by atoms with Crippen molar-refractivity contribution in [2.75, 3.05) is 0 Å². The van der Waals surface area contributed by atoms with Gasteiger partial charge < -0.3 is 4.55 Å². The molecule has 104 valence electrons. The molecule has 18 heavy (non-hydrogen) atoms. The van der Waals surface area contributed by atoms with Gasteiger partial charge in [0.15, 0.2) is 10.1 Å². The second-order valence-electron chi connectivity index (χ2n) is 2.62. The van der Waals surface area contributed by atoms with E-state index in [0.29, 0.717) is 0 Å². The topological polar surface area (TPSA) is 57.2 Å². The third-order valence-electron chi connectivity index (χ3n) is 1.43. The number of hydrogen-bond donors (Lipinski definition) is 0. The largest absolute Gasteiger partial charge is 1.00 e. The van der Waals surface area contributed by atoms with Crippen LogP contribution in [0, 0.1) is 0 Å². The zero-order chi connectivity index (χ0) is 14.5. The molecular formula is C4F9O3RbS. The fraction of sp³-hybridized carbons (Fsp3) is 1.00. The minimum atomic E-state index is -7.43. The number of alkyl halides is 9. The molecule has 0 saturated heterocycles. The fourth-order valence-corrected chi connectivity index (χ4v) is 0.960. The third kappa shape index (κ3) is 3.21. The van der Waals surface area contributed by atoms with Crippen molar-refractivity contribution in [2.24, 2.45) is 0 Å². The van der Waals surface area contributed by atoms with E-state index in [1.54, 1.807) is 0 Å². The van der Waals surface area contributed by atoms with Gasteiger partial charge in [-0.15, -0.1) is 0 Å². The first kappa shape index (κ1) is 21.4. The maximum absolute atomic E-state index is 12.2. The van der Waals surface area contributed by atoms with E-state index in [4.69, 9.17) is 0 Å². The van der Waals surface area contributed by atoms with Gasteiger partial charge in [-0.1, -0.05) is 0 Å². The van der Waals surface area contributed by atoms with Crippen molar-refractivity contribution in [3.05, 3.63) is 0 Å². The Labute approximate surface area is 142 Å². The van der Waals surface area contributed by atoms with Crippen LogP contribution in [0.1, 0.15) is 0 Å². The van der Waals surface area contributed by atoms with Crippen LogP contribution in [-0.4, -0.2) is 36.2 Å². The smallest absolute Gasteiger partial charge is 0.743 e. The van der Waals surface area contributed by atoms with Gasteiger partial charge in [0.05, 0.1) is 0 Å². The number of hydrogen-bond acceptors (Lipinski definition) is 3. The van der Waals surface area contributed by atoms with E-state index in [2.05, 4.69) is 0 Å². The summed E-state index contributed by atoms with van der Waals surface area (Å²) in [6.45, 7) is 0. The Morgan fingerprint density at radius 3 is 1.17 bits per heavy atom. The minimum Gasteiger partial charge on any atom is -0.743 e. The van der Waals surface area contributed by atoms with Crippen LogP contribution in [0.4, 0.5) is 39.5 Å². The quantitative estimate of drug-likeness (QED) is 0.461. The second kappa shape index (κ2) is 5.46. The van der Waals surface area contributed by atoms with E-state index >= 15 is 0 Å². The molecular weight excluding hydrogens is 385 g/mol. The monoisotopic (exact) mass is 384 g/mol. The molecule has 0 aromatic rings. The Balaban J connectivity index is 0. The van der Waals surface area contributed by atoms with E-state index in [9.17, 15) is 52.5 Å². The minimum absolute atomic E-state index is 0. The van der Waals surface area contributed by atoms with Crippen molar-refractivity contribution in [2.45, 2.75) is 23.3 Å². The molecule has 0 aliphatic heterocycles. The molecule has 0 rings (SSSR count). The molecule has 0 heterocycles. The molecule has 0 N–H and O–H groups in total. The maximum Gasteiger partial charge on any atom is 1.00 e. The van der Waals surface area contributed by atoms with Gasteiger partial charge in [0.2, 0.25) is 0 Å². The van der Waals surface area contributed by atoms with Crippen LogP contribution in [-0.2, 0) is 10.1 Å². The molecule has 0 fully saturated rings. The molecule has 3 nitrogen and oxygen atoms in total. The van der Waals surface area contributed by atoms with Crippen LogP contribution in [0.25, 0.3) is 0 Å². The van der Waals surface area contributed by atoms with Crippen LogP contribution >= 0.6 is 0 Å². The molecule has 0 aliphatic carbocycles. The first-order chi connectivity index (χ1) is 7.00. The van der Waals surface area contributed by atoms with Gasteiger partial charge in [0.25, 0.3) is 0 Å². The summed E-state index contributed by atoms with van der Waals surface area (Å²) < 4.78 is 135. The summed E-state index contributed by atoms with van der Waals surface area (Å²) in [5, 5.41) is -7.11. The summed E-state index contributed by atoms with van der Waals surface area (Å²) in [5.41, 5.74) is 0. The van der Waals surface area contributed by atoms with Gasteiger partial charge in [-0.2, -0.15) is 39.5 Å².